The first-order valence-electron chi connectivity index (χ1n) is 8.65. The Bertz CT molecular complexity index is 602. The van der Waals surface area contributed by atoms with Crippen LogP contribution < -0.4 is 5.73 Å². The fourth-order valence-corrected chi connectivity index (χ4v) is 3.85. The van der Waals surface area contributed by atoms with Gasteiger partial charge in [-0.15, -0.1) is 0 Å². The first-order chi connectivity index (χ1) is 11.8. The third-order valence-corrected chi connectivity index (χ3v) is 5.08. The average molecular weight is 354 g/mol. The number of fused-ring (bicyclic) bond motifs is 1. The molecule has 1 fully saturated rings. The van der Waals surface area contributed by atoms with Gasteiger partial charge in [0.2, 0.25) is 5.91 Å². The van der Waals surface area contributed by atoms with Crippen LogP contribution in [0.1, 0.15) is 33.6 Å². The lowest BCUT2D eigenvalue weighted by atomic mass is 9.67. The quantitative estimate of drug-likeness (QED) is 0.582. The molecule has 2 unspecified atom stereocenters. The highest BCUT2D eigenvalue weighted by atomic mass is 19.1. The zero-order valence-electron chi connectivity index (χ0n) is 15.3. The Balaban J connectivity index is 2.43. The van der Waals surface area contributed by atoms with E-state index in [1.807, 2.05) is 0 Å². The number of ether oxygens (including phenoxy) is 2. The molecule has 0 aromatic rings. The second kappa shape index (κ2) is 7.56. The number of carbonyl (C=O) groups excluding carboxylic acids is 2. The van der Waals surface area contributed by atoms with E-state index in [0.717, 1.165) is 19.0 Å². The molecule has 0 bridgehead atoms. The summed E-state index contributed by atoms with van der Waals surface area (Å²) in [5.41, 5.74) is 3.82. The van der Waals surface area contributed by atoms with Gasteiger partial charge in [-0.3, -0.25) is 14.5 Å². The molecule has 0 saturated carbocycles. The standard InChI is InChI=1S/C18H27FN2O4/c1-5-8-21(11(2)3)12-9-13-15(25-10-12)14(19)6-7-18(13,16(20)22)17(23)24-4/h6-7,11-13H,5,8-10H2,1-4H3,(H2,20,22)/t12-,13?,18?/m1/s1. The number of amides is 1. The first-order valence-corrected chi connectivity index (χ1v) is 8.65. The molecule has 1 saturated heterocycles. The number of nitrogens with two attached hydrogens (primary N) is 1. The molecule has 0 spiro atoms. The molecule has 1 aliphatic carbocycles. The Labute approximate surface area is 147 Å². The van der Waals surface area contributed by atoms with Crippen LogP contribution in [0.5, 0.6) is 0 Å². The molecule has 2 N–H and O–H groups in total. The molecule has 1 aliphatic heterocycles. The summed E-state index contributed by atoms with van der Waals surface area (Å²) >= 11 is 0. The van der Waals surface area contributed by atoms with Crippen molar-refractivity contribution in [2.75, 3.05) is 20.3 Å². The van der Waals surface area contributed by atoms with Gasteiger partial charge in [0.05, 0.1) is 7.11 Å². The van der Waals surface area contributed by atoms with Crippen LogP contribution in [-0.2, 0) is 19.1 Å². The van der Waals surface area contributed by atoms with Crippen LogP contribution in [0.2, 0.25) is 0 Å². The fourth-order valence-electron chi connectivity index (χ4n) is 3.85. The second-order valence-electron chi connectivity index (χ2n) is 6.86. The lowest BCUT2D eigenvalue weighted by Gasteiger charge is -2.45. The largest absolute Gasteiger partial charge is 0.493 e. The molecule has 0 aromatic carbocycles. The molecule has 6 nitrogen and oxygen atoms in total. The Kier molecular flexibility index (Phi) is 5.87. The van der Waals surface area contributed by atoms with Crippen molar-refractivity contribution >= 4 is 11.9 Å². The van der Waals surface area contributed by atoms with E-state index in [1.165, 1.54) is 13.2 Å². The molecular weight excluding hydrogens is 327 g/mol. The molecule has 140 valence electrons. The zero-order valence-corrected chi connectivity index (χ0v) is 15.3. The van der Waals surface area contributed by atoms with Crippen molar-refractivity contribution in [1.82, 2.24) is 4.90 Å². The van der Waals surface area contributed by atoms with E-state index in [0.29, 0.717) is 13.0 Å². The van der Waals surface area contributed by atoms with Crippen LogP contribution in [-0.4, -0.2) is 49.1 Å². The van der Waals surface area contributed by atoms with Gasteiger partial charge in [-0.25, -0.2) is 4.39 Å². The van der Waals surface area contributed by atoms with E-state index in [2.05, 4.69) is 25.7 Å². The van der Waals surface area contributed by atoms with Crippen LogP contribution in [0.4, 0.5) is 4.39 Å². The number of nitrogens with zero attached hydrogens (tertiary/aromatic N) is 1. The number of esters is 1. The zero-order chi connectivity index (χ0) is 18.8. The van der Waals surface area contributed by atoms with Gasteiger partial charge in [0.15, 0.2) is 11.2 Å². The van der Waals surface area contributed by atoms with Gasteiger partial charge >= 0.3 is 5.97 Å². The minimum absolute atomic E-state index is 0.0168. The number of allylic oxidation sites excluding steroid dienone is 3. The van der Waals surface area contributed by atoms with Gasteiger partial charge in [0.25, 0.3) is 0 Å². The summed E-state index contributed by atoms with van der Waals surface area (Å²) < 4.78 is 24.8. The fraction of sp³-hybridized carbons (Fsp3) is 0.667. The summed E-state index contributed by atoms with van der Waals surface area (Å²) in [6, 6.07) is 0.209. The van der Waals surface area contributed by atoms with E-state index < -0.39 is 29.0 Å². The molecule has 1 amide bonds. The number of hydrogen-bond acceptors (Lipinski definition) is 5. The smallest absolute Gasteiger partial charge is 0.326 e. The van der Waals surface area contributed by atoms with Gasteiger partial charge in [-0.05, 0) is 39.3 Å². The van der Waals surface area contributed by atoms with E-state index in [-0.39, 0.29) is 17.8 Å². The van der Waals surface area contributed by atoms with Crippen LogP contribution in [0, 0.1) is 11.3 Å². The van der Waals surface area contributed by atoms with Crippen molar-refractivity contribution in [3.63, 3.8) is 0 Å². The van der Waals surface area contributed by atoms with E-state index in [1.54, 1.807) is 0 Å². The lowest BCUT2D eigenvalue weighted by molar-refractivity contribution is -0.160. The van der Waals surface area contributed by atoms with Crippen LogP contribution in [0.15, 0.2) is 23.7 Å². The van der Waals surface area contributed by atoms with Crippen molar-refractivity contribution in [2.45, 2.75) is 45.7 Å². The molecule has 2 rings (SSSR count). The summed E-state index contributed by atoms with van der Waals surface area (Å²) in [4.78, 5) is 26.9. The predicted octanol–water partition coefficient (Wildman–Crippen LogP) is 1.91. The summed E-state index contributed by atoms with van der Waals surface area (Å²) in [6.45, 7) is 7.38. The number of methoxy groups -OCH3 is 1. The maximum atomic E-state index is 14.3. The van der Waals surface area contributed by atoms with Gasteiger partial charge in [0, 0.05) is 18.0 Å². The highest BCUT2D eigenvalue weighted by molar-refractivity contribution is 6.05. The molecule has 1 heterocycles. The summed E-state index contributed by atoms with van der Waals surface area (Å²) in [5, 5.41) is 0. The monoisotopic (exact) mass is 354 g/mol. The topological polar surface area (TPSA) is 81.9 Å². The molecule has 0 radical (unpaired) electrons. The van der Waals surface area contributed by atoms with Crippen molar-refractivity contribution < 1.29 is 23.5 Å². The van der Waals surface area contributed by atoms with Crippen molar-refractivity contribution in [3.05, 3.63) is 23.7 Å². The number of halogens is 1. The van der Waals surface area contributed by atoms with Gasteiger partial charge < -0.3 is 15.2 Å². The number of hydrogen-bond donors (Lipinski definition) is 1. The second-order valence-corrected chi connectivity index (χ2v) is 6.86. The maximum Gasteiger partial charge on any atom is 0.326 e. The van der Waals surface area contributed by atoms with Crippen molar-refractivity contribution in [3.8, 4) is 0 Å². The minimum Gasteiger partial charge on any atom is -0.493 e. The summed E-state index contributed by atoms with van der Waals surface area (Å²) in [5.74, 6) is -3.01. The normalized spacial score (nSPS) is 28.8. The minimum atomic E-state index is -1.74. The Morgan fingerprint density at radius 3 is 2.72 bits per heavy atom. The SMILES string of the molecule is CCCN(C(C)C)[C@H]1COC2=C(F)C=CC(C(N)=O)(C(=O)OC)C2C1. The number of rotatable bonds is 6. The van der Waals surface area contributed by atoms with E-state index in [9.17, 15) is 14.0 Å². The summed E-state index contributed by atoms with van der Waals surface area (Å²) in [7, 11) is 1.19. The third kappa shape index (κ3) is 3.29. The van der Waals surface area contributed by atoms with Gasteiger partial charge in [-0.2, -0.15) is 0 Å². The average Bonchev–Trinajstić information content (AvgIpc) is 2.58. The first kappa shape index (κ1) is 19.4. The predicted molar refractivity (Wildman–Crippen MR) is 90.9 cm³/mol. The summed E-state index contributed by atoms with van der Waals surface area (Å²) in [6.07, 6.45) is 3.63. The number of primary amides is 1. The molecular formula is C18H27FN2O4. The molecule has 3 atom stereocenters. The van der Waals surface area contributed by atoms with E-state index >= 15 is 0 Å². The highest BCUT2D eigenvalue weighted by Crippen LogP contribution is 2.47. The van der Waals surface area contributed by atoms with Gasteiger partial charge in [0.1, 0.15) is 12.4 Å². The van der Waals surface area contributed by atoms with Gasteiger partial charge in [-0.1, -0.05) is 13.0 Å². The Hall–Kier alpha value is -1.89. The van der Waals surface area contributed by atoms with Crippen LogP contribution >= 0.6 is 0 Å². The Morgan fingerprint density at radius 1 is 1.52 bits per heavy atom. The van der Waals surface area contributed by atoms with E-state index in [4.69, 9.17) is 15.2 Å². The van der Waals surface area contributed by atoms with Crippen LogP contribution in [0.25, 0.3) is 0 Å². The third-order valence-electron chi connectivity index (χ3n) is 5.08. The molecule has 2 aliphatic rings. The van der Waals surface area contributed by atoms with Crippen molar-refractivity contribution in [1.29, 1.82) is 0 Å². The molecule has 25 heavy (non-hydrogen) atoms. The molecule has 0 aromatic heterocycles. The lowest BCUT2D eigenvalue weighted by Crippen LogP contribution is -2.56. The number of carbonyl (C=O) groups is 2. The Morgan fingerprint density at radius 2 is 2.20 bits per heavy atom. The maximum absolute atomic E-state index is 14.3. The van der Waals surface area contributed by atoms with Crippen LogP contribution in [0.3, 0.4) is 0 Å². The molecule has 7 heteroatoms. The van der Waals surface area contributed by atoms with Crippen molar-refractivity contribution in [2.24, 2.45) is 17.1 Å². The highest BCUT2D eigenvalue weighted by Gasteiger charge is 2.57.